The normalized spacial score (nSPS) is 23.4. The summed E-state index contributed by atoms with van der Waals surface area (Å²) >= 11 is 0. The molecular weight excluding hydrogens is 178 g/mol. The van der Waals surface area contributed by atoms with Gasteiger partial charge in [0, 0.05) is 25.3 Å². The van der Waals surface area contributed by atoms with E-state index < -0.39 is 0 Å². The number of ether oxygens (including phenoxy) is 1. The molecule has 1 saturated heterocycles. The quantitative estimate of drug-likeness (QED) is 0.701. The van der Waals surface area contributed by atoms with E-state index in [1.165, 1.54) is 0 Å². The van der Waals surface area contributed by atoms with Gasteiger partial charge in [0.25, 0.3) is 0 Å². The zero-order valence-electron chi connectivity index (χ0n) is 9.33. The minimum Gasteiger partial charge on any atom is -0.395 e. The Kier molecular flexibility index (Phi) is 5.45. The van der Waals surface area contributed by atoms with Crippen molar-refractivity contribution in [2.24, 2.45) is 5.92 Å². The highest BCUT2D eigenvalue weighted by atomic mass is 16.5. The van der Waals surface area contributed by atoms with Crippen LogP contribution in [0.5, 0.6) is 0 Å². The van der Waals surface area contributed by atoms with Gasteiger partial charge in [0.05, 0.1) is 6.61 Å². The lowest BCUT2D eigenvalue weighted by Gasteiger charge is -2.30. The van der Waals surface area contributed by atoms with E-state index in [4.69, 9.17) is 9.84 Å². The SMILES string of the molecule is CC[C@H](CO)NC(C)C1CCOCC1. The van der Waals surface area contributed by atoms with Gasteiger partial charge in [-0.05, 0) is 32.1 Å². The van der Waals surface area contributed by atoms with Gasteiger partial charge in [-0.2, -0.15) is 0 Å². The summed E-state index contributed by atoms with van der Waals surface area (Å²) in [6.45, 7) is 6.35. The van der Waals surface area contributed by atoms with Crippen LogP contribution in [-0.2, 0) is 4.74 Å². The molecule has 1 heterocycles. The molecule has 0 amide bonds. The molecule has 2 N–H and O–H groups in total. The van der Waals surface area contributed by atoms with E-state index in [9.17, 15) is 0 Å². The first-order valence-electron chi connectivity index (χ1n) is 5.72. The monoisotopic (exact) mass is 201 g/mol. The van der Waals surface area contributed by atoms with E-state index in [0.717, 1.165) is 32.5 Å². The highest BCUT2D eigenvalue weighted by Crippen LogP contribution is 2.18. The van der Waals surface area contributed by atoms with Crippen molar-refractivity contribution in [1.82, 2.24) is 5.32 Å². The number of rotatable bonds is 5. The van der Waals surface area contributed by atoms with Crippen LogP contribution in [0.3, 0.4) is 0 Å². The average Bonchev–Trinajstić information content (AvgIpc) is 2.26. The Morgan fingerprint density at radius 1 is 1.43 bits per heavy atom. The third-order valence-corrected chi connectivity index (χ3v) is 3.18. The molecule has 1 unspecified atom stereocenters. The lowest BCUT2D eigenvalue weighted by atomic mass is 9.92. The minimum atomic E-state index is 0.240. The van der Waals surface area contributed by atoms with Gasteiger partial charge in [0.15, 0.2) is 0 Å². The highest BCUT2D eigenvalue weighted by molar-refractivity contribution is 4.78. The van der Waals surface area contributed by atoms with Crippen LogP contribution >= 0.6 is 0 Å². The molecule has 1 rings (SSSR count). The molecule has 0 aromatic heterocycles. The van der Waals surface area contributed by atoms with Crippen LogP contribution < -0.4 is 5.32 Å². The van der Waals surface area contributed by atoms with Gasteiger partial charge in [0.1, 0.15) is 0 Å². The standard InChI is InChI=1S/C11H23NO2/c1-3-11(8-13)12-9(2)10-4-6-14-7-5-10/h9-13H,3-8H2,1-2H3/t9?,11-/m1/s1. The molecule has 1 aliphatic heterocycles. The Hall–Kier alpha value is -0.120. The van der Waals surface area contributed by atoms with E-state index in [2.05, 4.69) is 19.2 Å². The zero-order chi connectivity index (χ0) is 10.4. The van der Waals surface area contributed by atoms with Crippen LogP contribution in [0.1, 0.15) is 33.1 Å². The van der Waals surface area contributed by atoms with Crippen LogP contribution in [0.4, 0.5) is 0 Å². The highest BCUT2D eigenvalue weighted by Gasteiger charge is 2.21. The lowest BCUT2D eigenvalue weighted by Crippen LogP contribution is -2.44. The molecule has 3 nitrogen and oxygen atoms in total. The Morgan fingerprint density at radius 2 is 2.07 bits per heavy atom. The second-order valence-corrected chi connectivity index (χ2v) is 4.19. The van der Waals surface area contributed by atoms with E-state index in [1.807, 2.05) is 0 Å². The molecule has 0 radical (unpaired) electrons. The number of hydrogen-bond donors (Lipinski definition) is 2. The summed E-state index contributed by atoms with van der Waals surface area (Å²) in [5.74, 6) is 0.712. The maximum Gasteiger partial charge on any atom is 0.0584 e. The third kappa shape index (κ3) is 3.56. The largest absolute Gasteiger partial charge is 0.395 e. The van der Waals surface area contributed by atoms with Gasteiger partial charge < -0.3 is 15.2 Å². The molecule has 0 aromatic carbocycles. The van der Waals surface area contributed by atoms with Gasteiger partial charge in [-0.1, -0.05) is 6.92 Å². The van der Waals surface area contributed by atoms with Gasteiger partial charge in [0.2, 0.25) is 0 Å². The van der Waals surface area contributed by atoms with Crippen molar-refractivity contribution in [3.05, 3.63) is 0 Å². The second kappa shape index (κ2) is 6.38. The lowest BCUT2D eigenvalue weighted by molar-refractivity contribution is 0.0528. The fourth-order valence-electron chi connectivity index (χ4n) is 2.02. The Morgan fingerprint density at radius 3 is 2.57 bits per heavy atom. The first-order chi connectivity index (χ1) is 6.77. The fraction of sp³-hybridized carbons (Fsp3) is 1.00. The third-order valence-electron chi connectivity index (χ3n) is 3.18. The van der Waals surface area contributed by atoms with Crippen molar-refractivity contribution in [2.45, 2.75) is 45.2 Å². The van der Waals surface area contributed by atoms with Crippen molar-refractivity contribution in [1.29, 1.82) is 0 Å². The van der Waals surface area contributed by atoms with Crippen molar-refractivity contribution in [3.8, 4) is 0 Å². The van der Waals surface area contributed by atoms with Gasteiger partial charge in [-0.15, -0.1) is 0 Å². The maximum absolute atomic E-state index is 9.09. The van der Waals surface area contributed by atoms with Gasteiger partial charge in [-0.25, -0.2) is 0 Å². The van der Waals surface area contributed by atoms with Crippen molar-refractivity contribution < 1.29 is 9.84 Å². The molecule has 0 bridgehead atoms. The predicted molar refractivity (Wildman–Crippen MR) is 57.3 cm³/mol. The first kappa shape index (κ1) is 12.0. The van der Waals surface area contributed by atoms with Crippen LogP contribution in [0.25, 0.3) is 0 Å². The molecular formula is C11H23NO2. The second-order valence-electron chi connectivity index (χ2n) is 4.19. The molecule has 3 heteroatoms. The molecule has 14 heavy (non-hydrogen) atoms. The summed E-state index contributed by atoms with van der Waals surface area (Å²) in [4.78, 5) is 0. The Bertz CT molecular complexity index is 142. The summed E-state index contributed by atoms with van der Waals surface area (Å²) in [5, 5.41) is 12.6. The summed E-state index contributed by atoms with van der Waals surface area (Å²) in [5.41, 5.74) is 0. The molecule has 0 spiro atoms. The summed E-state index contributed by atoms with van der Waals surface area (Å²) in [7, 11) is 0. The molecule has 84 valence electrons. The number of nitrogens with one attached hydrogen (secondary N) is 1. The number of aliphatic hydroxyl groups is 1. The summed E-state index contributed by atoms with van der Waals surface area (Å²) in [6, 6.07) is 0.754. The van der Waals surface area contributed by atoms with Crippen LogP contribution in [0.15, 0.2) is 0 Å². The van der Waals surface area contributed by atoms with Crippen molar-refractivity contribution in [2.75, 3.05) is 19.8 Å². The first-order valence-corrected chi connectivity index (χ1v) is 5.72. The van der Waals surface area contributed by atoms with Gasteiger partial charge >= 0.3 is 0 Å². The Balaban J connectivity index is 2.27. The van der Waals surface area contributed by atoms with Crippen molar-refractivity contribution >= 4 is 0 Å². The fourth-order valence-corrected chi connectivity index (χ4v) is 2.02. The minimum absolute atomic E-state index is 0.240. The summed E-state index contributed by atoms with van der Waals surface area (Å²) in [6.07, 6.45) is 3.29. The molecule has 2 atom stereocenters. The molecule has 0 saturated carbocycles. The van der Waals surface area contributed by atoms with E-state index in [0.29, 0.717) is 12.0 Å². The van der Waals surface area contributed by atoms with Crippen LogP contribution in [-0.4, -0.2) is 37.0 Å². The number of aliphatic hydroxyl groups excluding tert-OH is 1. The maximum atomic E-state index is 9.09. The Labute approximate surface area is 86.8 Å². The van der Waals surface area contributed by atoms with Crippen LogP contribution in [0, 0.1) is 5.92 Å². The zero-order valence-corrected chi connectivity index (χ0v) is 9.33. The topological polar surface area (TPSA) is 41.5 Å². The molecule has 1 aliphatic rings. The summed E-state index contributed by atoms with van der Waals surface area (Å²) < 4.78 is 5.33. The van der Waals surface area contributed by atoms with E-state index in [1.54, 1.807) is 0 Å². The number of hydrogen-bond acceptors (Lipinski definition) is 3. The van der Waals surface area contributed by atoms with Crippen LogP contribution in [0.2, 0.25) is 0 Å². The van der Waals surface area contributed by atoms with E-state index >= 15 is 0 Å². The predicted octanol–water partition coefficient (Wildman–Crippen LogP) is 1.16. The molecule has 0 aromatic rings. The molecule has 0 aliphatic carbocycles. The van der Waals surface area contributed by atoms with Crippen molar-refractivity contribution in [3.63, 3.8) is 0 Å². The van der Waals surface area contributed by atoms with E-state index in [-0.39, 0.29) is 12.6 Å². The molecule has 1 fully saturated rings. The smallest absolute Gasteiger partial charge is 0.0584 e. The van der Waals surface area contributed by atoms with Gasteiger partial charge in [-0.3, -0.25) is 0 Å². The average molecular weight is 201 g/mol.